The van der Waals surface area contributed by atoms with Gasteiger partial charge in [-0.1, -0.05) is 12.1 Å². The molecule has 0 spiro atoms. The van der Waals surface area contributed by atoms with Crippen LogP contribution in [0.5, 0.6) is 5.75 Å². The zero-order chi connectivity index (χ0) is 13.7. The number of hydrogen-bond acceptors (Lipinski definition) is 3. The Morgan fingerprint density at radius 2 is 2.00 bits per heavy atom. The topological polar surface area (TPSA) is 59.7 Å². The van der Waals surface area contributed by atoms with Crippen molar-refractivity contribution in [3.63, 3.8) is 0 Å². The molecule has 0 bridgehead atoms. The summed E-state index contributed by atoms with van der Waals surface area (Å²) < 4.78 is 10.3. The van der Waals surface area contributed by atoms with Gasteiger partial charge in [0, 0.05) is 6.42 Å². The van der Waals surface area contributed by atoms with Crippen LogP contribution in [0.2, 0.25) is 0 Å². The van der Waals surface area contributed by atoms with E-state index in [1.165, 1.54) is 0 Å². The minimum absolute atomic E-state index is 0.397. The standard InChI is InChI=1S/C15H16O4/c1-18-13-6-4-11(5-7-13)9-12(15(16)17)10-14-3-2-8-19-14/h2-8,12H,9-10H2,1H3,(H,16,17). The van der Waals surface area contributed by atoms with E-state index in [4.69, 9.17) is 9.15 Å². The summed E-state index contributed by atoms with van der Waals surface area (Å²) in [7, 11) is 1.60. The van der Waals surface area contributed by atoms with Gasteiger partial charge in [0.1, 0.15) is 11.5 Å². The number of rotatable bonds is 6. The van der Waals surface area contributed by atoms with Crippen LogP contribution in [0.1, 0.15) is 11.3 Å². The van der Waals surface area contributed by atoms with Crippen molar-refractivity contribution in [1.29, 1.82) is 0 Å². The number of carbonyl (C=O) groups is 1. The highest BCUT2D eigenvalue weighted by atomic mass is 16.5. The van der Waals surface area contributed by atoms with Crippen LogP contribution in [0.4, 0.5) is 0 Å². The molecule has 1 aromatic heterocycles. The molecule has 1 atom stereocenters. The molecule has 100 valence electrons. The van der Waals surface area contributed by atoms with Crippen molar-refractivity contribution in [3.8, 4) is 5.75 Å². The first-order valence-corrected chi connectivity index (χ1v) is 6.07. The molecule has 0 radical (unpaired) electrons. The van der Waals surface area contributed by atoms with Gasteiger partial charge >= 0.3 is 5.97 Å². The summed E-state index contributed by atoms with van der Waals surface area (Å²) in [6.07, 6.45) is 2.43. The second-order valence-corrected chi connectivity index (χ2v) is 4.37. The van der Waals surface area contributed by atoms with Crippen LogP contribution in [-0.2, 0) is 17.6 Å². The Bertz CT molecular complexity index is 514. The smallest absolute Gasteiger partial charge is 0.307 e. The van der Waals surface area contributed by atoms with Crippen LogP contribution < -0.4 is 4.74 Å². The van der Waals surface area contributed by atoms with Gasteiger partial charge in [-0.3, -0.25) is 4.79 Å². The summed E-state index contributed by atoms with van der Waals surface area (Å²) in [5, 5.41) is 9.27. The highest BCUT2D eigenvalue weighted by Crippen LogP contribution is 2.18. The molecule has 0 fully saturated rings. The Balaban J connectivity index is 2.05. The van der Waals surface area contributed by atoms with Crippen molar-refractivity contribution in [3.05, 3.63) is 54.0 Å². The van der Waals surface area contributed by atoms with Gasteiger partial charge in [0.05, 0.1) is 19.3 Å². The second kappa shape index (κ2) is 6.09. The van der Waals surface area contributed by atoms with E-state index >= 15 is 0 Å². The van der Waals surface area contributed by atoms with Crippen molar-refractivity contribution in [2.75, 3.05) is 7.11 Å². The van der Waals surface area contributed by atoms with E-state index in [0.717, 1.165) is 11.3 Å². The lowest BCUT2D eigenvalue weighted by molar-refractivity contribution is -0.141. The van der Waals surface area contributed by atoms with E-state index in [2.05, 4.69) is 0 Å². The van der Waals surface area contributed by atoms with Crippen LogP contribution in [0, 0.1) is 5.92 Å². The van der Waals surface area contributed by atoms with Crippen LogP contribution in [0.3, 0.4) is 0 Å². The molecule has 2 rings (SSSR count). The molecule has 1 heterocycles. The second-order valence-electron chi connectivity index (χ2n) is 4.37. The molecular formula is C15H16O4. The molecule has 0 amide bonds. The van der Waals surface area contributed by atoms with E-state index in [9.17, 15) is 9.90 Å². The van der Waals surface area contributed by atoms with Gasteiger partial charge in [-0.15, -0.1) is 0 Å². The van der Waals surface area contributed by atoms with E-state index in [1.807, 2.05) is 24.3 Å². The van der Waals surface area contributed by atoms with E-state index in [-0.39, 0.29) is 0 Å². The third-order valence-corrected chi connectivity index (χ3v) is 3.02. The Morgan fingerprint density at radius 3 is 2.53 bits per heavy atom. The minimum Gasteiger partial charge on any atom is -0.497 e. The molecule has 0 saturated carbocycles. The van der Waals surface area contributed by atoms with Gasteiger partial charge in [0.2, 0.25) is 0 Å². The van der Waals surface area contributed by atoms with Gasteiger partial charge < -0.3 is 14.3 Å². The first-order valence-electron chi connectivity index (χ1n) is 6.07. The number of benzene rings is 1. The number of ether oxygens (including phenoxy) is 1. The monoisotopic (exact) mass is 260 g/mol. The van der Waals surface area contributed by atoms with Crippen LogP contribution >= 0.6 is 0 Å². The number of hydrogen-bond donors (Lipinski definition) is 1. The normalized spacial score (nSPS) is 12.1. The fourth-order valence-electron chi connectivity index (χ4n) is 1.96. The van der Waals surface area contributed by atoms with Gasteiger partial charge in [-0.05, 0) is 36.2 Å². The predicted octanol–water partition coefficient (Wildman–Crippen LogP) is 2.77. The average Bonchev–Trinajstić information content (AvgIpc) is 2.91. The average molecular weight is 260 g/mol. The molecule has 1 aromatic carbocycles. The molecule has 19 heavy (non-hydrogen) atoms. The van der Waals surface area contributed by atoms with Crippen molar-refractivity contribution >= 4 is 5.97 Å². The highest BCUT2D eigenvalue weighted by molar-refractivity contribution is 5.70. The zero-order valence-corrected chi connectivity index (χ0v) is 10.7. The number of furan rings is 1. The molecule has 0 aliphatic rings. The SMILES string of the molecule is COc1ccc(CC(Cc2ccco2)C(=O)O)cc1. The summed E-state index contributed by atoms with van der Waals surface area (Å²) in [6, 6.07) is 11.0. The lowest BCUT2D eigenvalue weighted by Gasteiger charge is -2.11. The number of carboxylic acids is 1. The Kier molecular flexibility index (Phi) is 4.23. The lowest BCUT2D eigenvalue weighted by atomic mass is 9.95. The van der Waals surface area contributed by atoms with Crippen LogP contribution in [0.15, 0.2) is 47.1 Å². The molecule has 0 aliphatic heterocycles. The maximum absolute atomic E-state index is 11.3. The zero-order valence-electron chi connectivity index (χ0n) is 10.7. The number of methoxy groups -OCH3 is 1. The predicted molar refractivity (Wildman–Crippen MR) is 70.2 cm³/mol. The van der Waals surface area contributed by atoms with E-state index in [0.29, 0.717) is 18.6 Å². The van der Waals surface area contributed by atoms with Crippen molar-refractivity contribution in [2.45, 2.75) is 12.8 Å². The summed E-state index contributed by atoms with van der Waals surface area (Å²) in [5.74, 6) is 0.161. The van der Waals surface area contributed by atoms with Gasteiger partial charge in [0.25, 0.3) is 0 Å². The highest BCUT2D eigenvalue weighted by Gasteiger charge is 2.19. The van der Waals surface area contributed by atoms with E-state index in [1.54, 1.807) is 25.5 Å². The molecule has 2 aromatic rings. The van der Waals surface area contributed by atoms with Crippen LogP contribution in [-0.4, -0.2) is 18.2 Å². The molecule has 0 saturated heterocycles. The molecule has 1 N–H and O–H groups in total. The van der Waals surface area contributed by atoms with Crippen molar-refractivity contribution in [2.24, 2.45) is 5.92 Å². The summed E-state index contributed by atoms with van der Waals surface area (Å²) in [5.41, 5.74) is 0.972. The number of aliphatic carboxylic acids is 1. The number of carboxylic acid groups (broad SMARTS) is 1. The quantitative estimate of drug-likeness (QED) is 0.867. The fourth-order valence-corrected chi connectivity index (χ4v) is 1.96. The van der Waals surface area contributed by atoms with Crippen LogP contribution in [0.25, 0.3) is 0 Å². The van der Waals surface area contributed by atoms with Gasteiger partial charge in [0.15, 0.2) is 0 Å². The molecular weight excluding hydrogens is 244 g/mol. The lowest BCUT2D eigenvalue weighted by Crippen LogP contribution is -2.18. The van der Waals surface area contributed by atoms with Crippen molar-refractivity contribution in [1.82, 2.24) is 0 Å². The first kappa shape index (κ1) is 13.2. The fraction of sp³-hybridized carbons (Fsp3) is 0.267. The molecule has 4 heteroatoms. The van der Waals surface area contributed by atoms with E-state index < -0.39 is 11.9 Å². The summed E-state index contributed by atoms with van der Waals surface area (Å²) in [4.78, 5) is 11.3. The van der Waals surface area contributed by atoms with Gasteiger partial charge in [-0.25, -0.2) is 0 Å². The third-order valence-electron chi connectivity index (χ3n) is 3.02. The molecule has 4 nitrogen and oxygen atoms in total. The van der Waals surface area contributed by atoms with Gasteiger partial charge in [-0.2, -0.15) is 0 Å². The summed E-state index contributed by atoms with van der Waals surface area (Å²) >= 11 is 0. The Morgan fingerprint density at radius 1 is 1.26 bits per heavy atom. The maximum Gasteiger partial charge on any atom is 0.307 e. The molecule has 0 aliphatic carbocycles. The summed E-state index contributed by atoms with van der Waals surface area (Å²) in [6.45, 7) is 0. The Hall–Kier alpha value is -2.23. The Labute approximate surface area is 111 Å². The maximum atomic E-state index is 11.3. The minimum atomic E-state index is -0.813. The largest absolute Gasteiger partial charge is 0.497 e. The van der Waals surface area contributed by atoms with Crippen molar-refractivity contribution < 1.29 is 19.1 Å². The third kappa shape index (κ3) is 3.61. The molecule has 1 unspecified atom stereocenters. The first-order chi connectivity index (χ1) is 9.19.